The largest absolute Gasteiger partial charge is 0.493 e. The third-order valence-electron chi connectivity index (χ3n) is 5.73. The van der Waals surface area contributed by atoms with Crippen molar-refractivity contribution < 1.29 is 27.7 Å². The molecule has 0 radical (unpaired) electrons. The van der Waals surface area contributed by atoms with Crippen LogP contribution in [0.15, 0.2) is 65.6 Å². The molecule has 0 aliphatic carbocycles. The molecule has 2 N–H and O–H groups in total. The number of nitrogens with one attached hydrogen (secondary N) is 1. The highest BCUT2D eigenvalue weighted by Crippen LogP contribution is 2.39. The Morgan fingerprint density at radius 2 is 1.76 bits per heavy atom. The van der Waals surface area contributed by atoms with E-state index in [9.17, 15) is 13.5 Å². The lowest BCUT2D eigenvalue weighted by Gasteiger charge is -2.27. The molecule has 3 aromatic carbocycles. The number of H-pyrrole nitrogens is 1. The molecule has 0 saturated carbocycles. The number of hydrogen-bond donors (Lipinski definition) is 2. The van der Waals surface area contributed by atoms with E-state index in [1.807, 2.05) is 0 Å². The minimum absolute atomic E-state index is 0.0653. The molecule has 0 aliphatic rings. The summed E-state index contributed by atoms with van der Waals surface area (Å²) in [4.78, 5) is -0.0653. The average molecular weight is 565 g/mol. The number of benzene rings is 3. The van der Waals surface area contributed by atoms with Crippen LogP contribution in [0.3, 0.4) is 0 Å². The molecule has 4 rings (SSSR count). The number of aliphatic hydroxyl groups excluding tert-OH is 1. The number of nitrogens with zero attached hydrogens (tertiary/aromatic N) is 4. The van der Waals surface area contributed by atoms with Crippen LogP contribution >= 0.6 is 23.2 Å². The number of hydrogen-bond acceptors (Lipinski definition) is 7. The van der Waals surface area contributed by atoms with Crippen molar-refractivity contribution in [3.63, 3.8) is 0 Å². The highest BCUT2D eigenvalue weighted by Gasteiger charge is 2.33. The lowest BCUT2D eigenvalue weighted by molar-refractivity contribution is -0.738. The Morgan fingerprint density at radius 3 is 2.41 bits per heavy atom. The monoisotopic (exact) mass is 564 g/mol. The topological polar surface area (TPSA) is 122 Å². The van der Waals surface area contributed by atoms with Gasteiger partial charge >= 0.3 is 5.82 Å². The second-order valence-corrected chi connectivity index (χ2v) is 10.6. The molecule has 0 spiro atoms. The van der Waals surface area contributed by atoms with Crippen LogP contribution < -0.4 is 18.5 Å². The molecule has 0 aliphatic heterocycles. The van der Waals surface area contributed by atoms with Gasteiger partial charge in [0.05, 0.1) is 31.9 Å². The average Bonchev–Trinajstić information content (AvgIpc) is 3.31. The minimum atomic E-state index is -4.25. The molecule has 10 nitrogen and oxygen atoms in total. The van der Waals surface area contributed by atoms with Crippen LogP contribution in [0.5, 0.6) is 11.5 Å². The van der Waals surface area contributed by atoms with Gasteiger partial charge in [-0.3, -0.25) is 4.31 Å². The third-order valence-corrected chi connectivity index (χ3v) is 8.06. The molecule has 0 amide bonds. The molecule has 1 unspecified atom stereocenters. The smallest absolute Gasteiger partial charge is 0.321 e. The van der Waals surface area contributed by atoms with E-state index >= 15 is 0 Å². The zero-order chi connectivity index (χ0) is 26.7. The van der Waals surface area contributed by atoms with Crippen LogP contribution in [-0.2, 0) is 23.6 Å². The quantitative estimate of drug-likeness (QED) is 0.298. The summed E-state index contributed by atoms with van der Waals surface area (Å²) in [6, 6.07) is 15.6. The lowest BCUT2D eigenvalue weighted by Crippen LogP contribution is -2.40. The van der Waals surface area contributed by atoms with Gasteiger partial charge in [-0.15, -0.1) is 0 Å². The summed E-state index contributed by atoms with van der Waals surface area (Å²) >= 11 is 12.6. The summed E-state index contributed by atoms with van der Waals surface area (Å²) in [6.45, 7) is -0.215. The van der Waals surface area contributed by atoms with Crippen molar-refractivity contribution in [2.45, 2.75) is 17.5 Å². The number of methoxy groups -OCH3 is 2. The standard InChI is InChI=1S/C24H23Cl2N5O5S/c1-30-23(27-28-29-30)14-31(37(33,34)16-9-11-21(35-2)22(13-16)36-3)20-10-8-15(25)12-18(20)24(32)17-6-4-5-7-19(17)26/h4-13,24,32H,14H2,1-3H3/p+1. The molecular weight excluding hydrogens is 541 g/mol. The predicted molar refractivity (Wildman–Crippen MR) is 137 cm³/mol. The van der Waals surface area contributed by atoms with Gasteiger partial charge in [0.15, 0.2) is 16.7 Å². The fourth-order valence-corrected chi connectivity index (χ4v) is 5.66. The third kappa shape index (κ3) is 5.35. The van der Waals surface area contributed by atoms with E-state index in [0.717, 1.165) is 4.31 Å². The Kier molecular flexibility index (Phi) is 7.88. The molecular formula is C24H24Cl2N5O5S+. The minimum Gasteiger partial charge on any atom is -0.493 e. The number of aromatic amines is 1. The van der Waals surface area contributed by atoms with Crippen molar-refractivity contribution in [2.75, 3.05) is 18.5 Å². The number of aromatic nitrogens is 4. The van der Waals surface area contributed by atoms with Gasteiger partial charge < -0.3 is 14.6 Å². The van der Waals surface area contributed by atoms with Gasteiger partial charge in [0.1, 0.15) is 17.7 Å². The molecule has 37 heavy (non-hydrogen) atoms. The Balaban J connectivity index is 1.92. The molecule has 1 aromatic heterocycles. The molecule has 194 valence electrons. The van der Waals surface area contributed by atoms with Gasteiger partial charge in [-0.25, -0.2) is 8.42 Å². The summed E-state index contributed by atoms with van der Waals surface area (Å²) in [5.41, 5.74) is 0.800. The molecule has 4 aromatic rings. The molecule has 0 saturated heterocycles. The number of sulfonamides is 1. The van der Waals surface area contributed by atoms with E-state index in [-0.39, 0.29) is 28.4 Å². The van der Waals surface area contributed by atoms with Crippen molar-refractivity contribution in [3.05, 3.63) is 87.7 Å². The van der Waals surface area contributed by atoms with E-state index in [2.05, 4.69) is 15.5 Å². The van der Waals surface area contributed by atoms with Gasteiger partial charge in [0.25, 0.3) is 10.0 Å². The summed E-state index contributed by atoms with van der Waals surface area (Å²) in [5, 5.41) is 22.4. The lowest BCUT2D eigenvalue weighted by atomic mass is 9.99. The maximum absolute atomic E-state index is 14.1. The predicted octanol–water partition coefficient (Wildman–Crippen LogP) is 3.43. The van der Waals surface area contributed by atoms with Crippen molar-refractivity contribution in [2.24, 2.45) is 7.05 Å². The van der Waals surface area contributed by atoms with Gasteiger partial charge in [0.2, 0.25) is 0 Å². The number of ether oxygens (including phenoxy) is 2. The van der Waals surface area contributed by atoms with E-state index < -0.39 is 16.1 Å². The molecule has 0 bridgehead atoms. The normalized spacial score (nSPS) is 12.3. The fourth-order valence-electron chi connectivity index (χ4n) is 3.78. The maximum Gasteiger partial charge on any atom is 0.321 e. The maximum atomic E-state index is 14.1. The molecule has 13 heteroatoms. The first-order valence-corrected chi connectivity index (χ1v) is 13.1. The van der Waals surface area contributed by atoms with Crippen molar-refractivity contribution >= 4 is 38.9 Å². The summed E-state index contributed by atoms with van der Waals surface area (Å²) in [5.74, 6) is 0.928. The zero-order valence-electron chi connectivity index (χ0n) is 20.1. The number of rotatable bonds is 9. The van der Waals surface area contributed by atoms with Crippen LogP contribution in [0.25, 0.3) is 0 Å². The number of anilines is 1. The second kappa shape index (κ2) is 10.9. The van der Waals surface area contributed by atoms with Gasteiger partial charge in [-0.05, 0) is 36.4 Å². The number of halogens is 2. The van der Waals surface area contributed by atoms with Crippen LogP contribution in [0.2, 0.25) is 10.0 Å². The first-order valence-electron chi connectivity index (χ1n) is 10.9. The number of tetrazole rings is 1. The number of aryl methyl sites for hydroxylation is 1. The zero-order valence-corrected chi connectivity index (χ0v) is 22.4. The summed E-state index contributed by atoms with van der Waals surface area (Å²) < 4.78 is 41.4. The highest BCUT2D eigenvalue weighted by molar-refractivity contribution is 7.92. The first kappa shape index (κ1) is 26.7. The summed E-state index contributed by atoms with van der Waals surface area (Å²) in [7, 11) is 0.273. The van der Waals surface area contributed by atoms with Gasteiger partial charge in [-0.1, -0.05) is 46.6 Å². The van der Waals surface area contributed by atoms with Crippen LogP contribution in [0.1, 0.15) is 23.1 Å². The first-order chi connectivity index (χ1) is 17.7. The van der Waals surface area contributed by atoms with E-state index in [4.69, 9.17) is 32.7 Å². The van der Waals surface area contributed by atoms with Crippen molar-refractivity contribution in [3.8, 4) is 11.5 Å². The van der Waals surface area contributed by atoms with Crippen molar-refractivity contribution in [1.82, 2.24) is 15.5 Å². The molecule has 1 heterocycles. The fraction of sp³-hybridized carbons (Fsp3) is 0.208. The van der Waals surface area contributed by atoms with Crippen molar-refractivity contribution in [1.29, 1.82) is 0 Å². The van der Waals surface area contributed by atoms with E-state index in [0.29, 0.717) is 27.2 Å². The van der Waals surface area contributed by atoms with Crippen LogP contribution in [0.4, 0.5) is 5.69 Å². The summed E-state index contributed by atoms with van der Waals surface area (Å²) in [6.07, 6.45) is -1.28. The van der Waals surface area contributed by atoms with E-state index in [1.54, 1.807) is 37.4 Å². The Bertz CT molecular complexity index is 1530. The van der Waals surface area contributed by atoms with Crippen LogP contribution in [-0.4, -0.2) is 43.3 Å². The molecule has 0 fully saturated rings. The van der Waals surface area contributed by atoms with Gasteiger partial charge in [-0.2, -0.15) is 4.68 Å². The van der Waals surface area contributed by atoms with Crippen LogP contribution in [0, 0.1) is 0 Å². The Morgan fingerprint density at radius 1 is 1.03 bits per heavy atom. The Hall–Kier alpha value is -3.38. The second-order valence-electron chi connectivity index (χ2n) is 7.93. The van der Waals surface area contributed by atoms with E-state index in [1.165, 1.54) is 49.2 Å². The Labute approximate surface area is 224 Å². The number of aliphatic hydroxyl groups is 1. The SMILES string of the molecule is COc1ccc(S(=O)(=O)N(Cc2nn[nH][n+]2C)c2ccc(Cl)cc2C(O)c2ccccc2Cl)cc1OC. The molecule has 1 atom stereocenters. The highest BCUT2D eigenvalue weighted by atomic mass is 35.5. The van der Waals surface area contributed by atoms with Gasteiger partial charge in [0, 0.05) is 27.2 Å².